The Morgan fingerprint density at radius 1 is 1.09 bits per heavy atom. The first-order valence-electron chi connectivity index (χ1n) is 8.46. The Morgan fingerprint density at radius 3 is 2.52 bits per heavy atom. The molecule has 2 aromatic rings. The Balaban J connectivity index is 1.54. The van der Waals surface area contributed by atoms with Gasteiger partial charge in [0.2, 0.25) is 0 Å². The maximum atomic E-state index is 12.3. The molecule has 122 valence electrons. The summed E-state index contributed by atoms with van der Waals surface area (Å²) in [5.41, 5.74) is 0.349. The van der Waals surface area contributed by atoms with E-state index in [9.17, 15) is 9.90 Å². The van der Waals surface area contributed by atoms with Gasteiger partial charge in [-0.15, -0.1) is 0 Å². The molecule has 23 heavy (non-hydrogen) atoms. The molecule has 1 fully saturated rings. The first-order chi connectivity index (χ1) is 11.2. The number of carbonyl (C=O) groups excluding carboxylic acids is 1. The third kappa shape index (κ3) is 4.02. The SMILES string of the molecule is O=C(NCCCN1CCCCC1)c1cc2ccccc2cc1O. The second-order valence-electron chi connectivity index (χ2n) is 6.23. The number of rotatable bonds is 5. The third-order valence-electron chi connectivity index (χ3n) is 4.49. The predicted molar refractivity (Wildman–Crippen MR) is 92.9 cm³/mol. The molecular weight excluding hydrogens is 288 g/mol. The van der Waals surface area contributed by atoms with E-state index in [2.05, 4.69) is 10.2 Å². The number of piperidine rings is 1. The third-order valence-corrected chi connectivity index (χ3v) is 4.49. The van der Waals surface area contributed by atoms with Crippen LogP contribution in [-0.2, 0) is 0 Å². The summed E-state index contributed by atoms with van der Waals surface area (Å²) in [5, 5.41) is 14.9. The molecule has 0 aromatic heterocycles. The molecule has 3 rings (SSSR count). The Hall–Kier alpha value is -2.07. The number of fused-ring (bicyclic) bond motifs is 1. The average Bonchev–Trinajstić information content (AvgIpc) is 2.59. The molecule has 1 amide bonds. The van der Waals surface area contributed by atoms with E-state index in [4.69, 9.17) is 0 Å². The number of amides is 1. The maximum absolute atomic E-state index is 12.3. The summed E-state index contributed by atoms with van der Waals surface area (Å²) in [5.74, 6) is -0.163. The van der Waals surface area contributed by atoms with Gasteiger partial charge in [0.05, 0.1) is 5.56 Å². The van der Waals surface area contributed by atoms with Crippen LogP contribution < -0.4 is 5.32 Å². The first kappa shape index (κ1) is 15.8. The van der Waals surface area contributed by atoms with Crippen molar-refractivity contribution in [2.24, 2.45) is 0 Å². The van der Waals surface area contributed by atoms with E-state index in [1.807, 2.05) is 24.3 Å². The van der Waals surface area contributed by atoms with Gasteiger partial charge in [0.15, 0.2) is 0 Å². The number of nitrogens with zero attached hydrogens (tertiary/aromatic N) is 1. The lowest BCUT2D eigenvalue weighted by atomic mass is 10.1. The van der Waals surface area contributed by atoms with Gasteiger partial charge >= 0.3 is 0 Å². The Labute approximate surface area is 137 Å². The summed E-state index contributed by atoms with van der Waals surface area (Å²) in [6.45, 7) is 4.03. The monoisotopic (exact) mass is 312 g/mol. The number of phenolic OH excluding ortho intramolecular Hbond substituents is 1. The minimum Gasteiger partial charge on any atom is -0.507 e. The van der Waals surface area contributed by atoms with Gasteiger partial charge in [-0.05, 0) is 61.8 Å². The van der Waals surface area contributed by atoms with Crippen LogP contribution in [0.3, 0.4) is 0 Å². The number of hydrogen-bond donors (Lipinski definition) is 2. The van der Waals surface area contributed by atoms with Crippen molar-refractivity contribution < 1.29 is 9.90 Å². The number of likely N-dealkylation sites (tertiary alicyclic amines) is 1. The van der Waals surface area contributed by atoms with Crippen molar-refractivity contribution in [3.05, 3.63) is 42.0 Å². The second-order valence-corrected chi connectivity index (χ2v) is 6.23. The zero-order valence-corrected chi connectivity index (χ0v) is 13.4. The maximum Gasteiger partial charge on any atom is 0.255 e. The Morgan fingerprint density at radius 2 is 1.78 bits per heavy atom. The number of nitrogens with one attached hydrogen (secondary N) is 1. The topological polar surface area (TPSA) is 52.6 Å². The van der Waals surface area contributed by atoms with Crippen molar-refractivity contribution >= 4 is 16.7 Å². The Kier molecular flexibility index (Phi) is 5.13. The van der Waals surface area contributed by atoms with Gasteiger partial charge in [-0.3, -0.25) is 4.79 Å². The zero-order chi connectivity index (χ0) is 16.1. The lowest BCUT2D eigenvalue weighted by molar-refractivity contribution is 0.0948. The molecule has 0 spiro atoms. The zero-order valence-electron chi connectivity index (χ0n) is 13.4. The van der Waals surface area contributed by atoms with Crippen molar-refractivity contribution in [2.45, 2.75) is 25.7 Å². The highest BCUT2D eigenvalue weighted by atomic mass is 16.3. The molecule has 1 heterocycles. The van der Waals surface area contributed by atoms with Crippen LogP contribution in [0.4, 0.5) is 0 Å². The van der Waals surface area contributed by atoms with Gasteiger partial charge < -0.3 is 15.3 Å². The van der Waals surface area contributed by atoms with Gasteiger partial charge in [-0.1, -0.05) is 30.7 Å². The summed E-state index contributed by atoms with van der Waals surface area (Å²) < 4.78 is 0. The van der Waals surface area contributed by atoms with Crippen LogP contribution in [0.25, 0.3) is 10.8 Å². The van der Waals surface area contributed by atoms with E-state index in [0.29, 0.717) is 12.1 Å². The number of benzene rings is 2. The van der Waals surface area contributed by atoms with Crippen LogP contribution in [0.15, 0.2) is 36.4 Å². The van der Waals surface area contributed by atoms with E-state index in [1.165, 1.54) is 32.4 Å². The highest BCUT2D eigenvalue weighted by Crippen LogP contribution is 2.24. The summed E-state index contributed by atoms with van der Waals surface area (Å²) in [6, 6.07) is 11.1. The van der Waals surface area contributed by atoms with E-state index >= 15 is 0 Å². The lowest BCUT2D eigenvalue weighted by Gasteiger charge is -2.26. The van der Waals surface area contributed by atoms with Crippen molar-refractivity contribution in [2.75, 3.05) is 26.2 Å². The highest BCUT2D eigenvalue weighted by Gasteiger charge is 2.13. The summed E-state index contributed by atoms with van der Waals surface area (Å²) >= 11 is 0. The van der Waals surface area contributed by atoms with Crippen LogP contribution in [0.5, 0.6) is 5.75 Å². The van der Waals surface area contributed by atoms with Crippen molar-refractivity contribution in [1.29, 1.82) is 0 Å². The standard InChI is InChI=1S/C19H24N2O2/c22-18-14-16-8-3-2-7-15(16)13-17(18)19(23)20-9-6-12-21-10-4-1-5-11-21/h2-3,7-8,13-14,22H,1,4-6,9-12H2,(H,20,23). The number of aromatic hydroxyl groups is 1. The minimum atomic E-state index is -0.202. The quantitative estimate of drug-likeness (QED) is 0.834. The molecule has 2 N–H and O–H groups in total. The molecule has 0 radical (unpaired) electrons. The normalized spacial score (nSPS) is 15.7. The van der Waals surface area contributed by atoms with Crippen molar-refractivity contribution in [3.8, 4) is 5.75 Å². The molecular formula is C19H24N2O2. The van der Waals surface area contributed by atoms with Gasteiger partial charge in [0.25, 0.3) is 5.91 Å². The molecule has 1 aliphatic heterocycles. The smallest absolute Gasteiger partial charge is 0.255 e. The van der Waals surface area contributed by atoms with E-state index in [1.54, 1.807) is 12.1 Å². The fourth-order valence-electron chi connectivity index (χ4n) is 3.19. The van der Waals surface area contributed by atoms with Crippen LogP contribution in [0.1, 0.15) is 36.0 Å². The van der Waals surface area contributed by atoms with Gasteiger partial charge in [-0.25, -0.2) is 0 Å². The van der Waals surface area contributed by atoms with E-state index in [-0.39, 0.29) is 11.7 Å². The molecule has 4 nitrogen and oxygen atoms in total. The summed E-state index contributed by atoms with van der Waals surface area (Å²) in [6.07, 6.45) is 4.86. The fraction of sp³-hybridized carbons (Fsp3) is 0.421. The molecule has 0 unspecified atom stereocenters. The predicted octanol–water partition coefficient (Wildman–Crippen LogP) is 3.15. The highest BCUT2D eigenvalue weighted by molar-refractivity contribution is 6.01. The molecule has 1 aliphatic rings. The summed E-state index contributed by atoms with van der Waals surface area (Å²) in [7, 11) is 0. The van der Waals surface area contributed by atoms with Gasteiger partial charge in [0, 0.05) is 6.54 Å². The lowest BCUT2D eigenvalue weighted by Crippen LogP contribution is -2.33. The molecule has 0 bridgehead atoms. The van der Waals surface area contributed by atoms with Crippen LogP contribution in [0.2, 0.25) is 0 Å². The molecule has 4 heteroatoms. The second kappa shape index (κ2) is 7.47. The van der Waals surface area contributed by atoms with Crippen molar-refractivity contribution in [3.63, 3.8) is 0 Å². The minimum absolute atomic E-state index is 0.0391. The van der Waals surface area contributed by atoms with E-state index in [0.717, 1.165) is 23.7 Å². The number of hydrogen-bond acceptors (Lipinski definition) is 3. The molecule has 0 saturated carbocycles. The molecule has 0 atom stereocenters. The molecule has 0 aliphatic carbocycles. The van der Waals surface area contributed by atoms with Crippen molar-refractivity contribution in [1.82, 2.24) is 10.2 Å². The average molecular weight is 312 g/mol. The summed E-state index contributed by atoms with van der Waals surface area (Å²) in [4.78, 5) is 14.7. The molecule has 2 aromatic carbocycles. The van der Waals surface area contributed by atoms with E-state index < -0.39 is 0 Å². The van der Waals surface area contributed by atoms with Crippen LogP contribution >= 0.6 is 0 Å². The van der Waals surface area contributed by atoms with Gasteiger partial charge in [0.1, 0.15) is 5.75 Å². The van der Waals surface area contributed by atoms with Gasteiger partial charge in [-0.2, -0.15) is 0 Å². The number of phenols is 1. The fourth-order valence-corrected chi connectivity index (χ4v) is 3.19. The largest absolute Gasteiger partial charge is 0.507 e. The first-order valence-corrected chi connectivity index (χ1v) is 8.46. The van der Waals surface area contributed by atoms with Crippen LogP contribution in [-0.4, -0.2) is 42.1 Å². The molecule has 1 saturated heterocycles. The number of carbonyl (C=O) groups is 1. The Bertz CT molecular complexity index is 678. The van der Waals surface area contributed by atoms with Crippen LogP contribution in [0, 0.1) is 0 Å².